The largest absolute Gasteiger partial charge is 0.465 e. The highest BCUT2D eigenvalue weighted by Gasteiger charge is 2.16. The van der Waals surface area contributed by atoms with Crippen molar-refractivity contribution in [2.75, 3.05) is 13.2 Å². The van der Waals surface area contributed by atoms with Gasteiger partial charge in [-0.1, -0.05) is 25.1 Å². The van der Waals surface area contributed by atoms with Crippen molar-refractivity contribution in [1.29, 1.82) is 0 Å². The van der Waals surface area contributed by atoms with E-state index in [2.05, 4.69) is 5.32 Å². The Morgan fingerprint density at radius 1 is 1.39 bits per heavy atom. The lowest BCUT2D eigenvalue weighted by atomic mass is 10.1. The predicted molar refractivity (Wildman–Crippen MR) is 68.8 cm³/mol. The third-order valence-corrected chi connectivity index (χ3v) is 2.72. The number of halogens is 1. The molecule has 0 aliphatic carbocycles. The van der Waals surface area contributed by atoms with E-state index in [9.17, 15) is 9.18 Å². The summed E-state index contributed by atoms with van der Waals surface area (Å²) in [4.78, 5) is 11.5. The maximum atomic E-state index is 13.4. The van der Waals surface area contributed by atoms with Crippen LogP contribution in [0.4, 0.5) is 4.39 Å². The van der Waals surface area contributed by atoms with Crippen LogP contribution in [0.25, 0.3) is 0 Å². The van der Waals surface area contributed by atoms with Crippen molar-refractivity contribution in [2.24, 2.45) is 0 Å². The smallest absolute Gasteiger partial charge is 0.323 e. The molecule has 3 nitrogen and oxygen atoms in total. The van der Waals surface area contributed by atoms with E-state index >= 15 is 0 Å². The van der Waals surface area contributed by atoms with Crippen LogP contribution < -0.4 is 5.32 Å². The minimum absolute atomic E-state index is 0.205. The van der Waals surface area contributed by atoms with Gasteiger partial charge in [-0.2, -0.15) is 0 Å². The Kier molecular flexibility index (Phi) is 6.36. The van der Waals surface area contributed by atoms with Crippen LogP contribution in [0.15, 0.2) is 24.3 Å². The minimum Gasteiger partial charge on any atom is -0.465 e. The zero-order valence-electron chi connectivity index (χ0n) is 10.9. The molecule has 0 aliphatic rings. The van der Waals surface area contributed by atoms with E-state index < -0.39 is 0 Å². The molecule has 1 N–H and O–H groups in total. The van der Waals surface area contributed by atoms with E-state index in [1.165, 1.54) is 6.07 Å². The quantitative estimate of drug-likeness (QED) is 0.758. The molecule has 1 unspecified atom stereocenters. The Hall–Kier alpha value is -1.42. The van der Waals surface area contributed by atoms with E-state index in [4.69, 9.17) is 4.74 Å². The molecule has 1 aromatic rings. The summed E-state index contributed by atoms with van der Waals surface area (Å²) < 4.78 is 18.3. The Morgan fingerprint density at radius 3 is 2.72 bits per heavy atom. The average molecular weight is 253 g/mol. The number of nitrogens with one attached hydrogen (secondary N) is 1. The highest BCUT2D eigenvalue weighted by molar-refractivity contribution is 5.75. The molecule has 0 amide bonds. The number of esters is 1. The fourth-order valence-corrected chi connectivity index (χ4v) is 1.72. The van der Waals surface area contributed by atoms with Crippen LogP contribution >= 0.6 is 0 Å². The molecule has 4 heteroatoms. The SMILES string of the molecule is CCOC(=O)C(CC)NCCc1ccccc1F. The van der Waals surface area contributed by atoms with Gasteiger partial charge in [-0.3, -0.25) is 4.79 Å². The Labute approximate surface area is 107 Å². The standard InChI is InChI=1S/C14H20FNO2/c1-3-13(14(17)18-4-2)16-10-9-11-7-5-6-8-12(11)15/h5-8,13,16H,3-4,9-10H2,1-2H3. The fourth-order valence-electron chi connectivity index (χ4n) is 1.72. The number of hydrogen-bond donors (Lipinski definition) is 1. The fraction of sp³-hybridized carbons (Fsp3) is 0.500. The molecule has 0 aliphatic heterocycles. The molecule has 18 heavy (non-hydrogen) atoms. The van der Waals surface area contributed by atoms with Gasteiger partial charge < -0.3 is 10.1 Å². The number of benzene rings is 1. The van der Waals surface area contributed by atoms with Gasteiger partial charge in [0.2, 0.25) is 0 Å². The van der Waals surface area contributed by atoms with Crippen LogP contribution in [0.2, 0.25) is 0 Å². The van der Waals surface area contributed by atoms with Crippen molar-refractivity contribution in [3.05, 3.63) is 35.6 Å². The first-order chi connectivity index (χ1) is 8.69. The summed E-state index contributed by atoms with van der Waals surface area (Å²) in [7, 11) is 0. The third kappa shape index (κ3) is 4.45. The molecule has 0 spiro atoms. The van der Waals surface area contributed by atoms with Crippen molar-refractivity contribution < 1.29 is 13.9 Å². The van der Waals surface area contributed by atoms with Gasteiger partial charge >= 0.3 is 5.97 Å². The molecule has 0 fully saturated rings. The van der Waals surface area contributed by atoms with Crippen molar-refractivity contribution in [3.8, 4) is 0 Å². The van der Waals surface area contributed by atoms with Gasteiger partial charge in [0, 0.05) is 6.54 Å². The van der Waals surface area contributed by atoms with Crippen LogP contribution in [0.5, 0.6) is 0 Å². The highest BCUT2D eigenvalue weighted by Crippen LogP contribution is 2.06. The van der Waals surface area contributed by atoms with E-state index in [0.717, 1.165) is 0 Å². The topological polar surface area (TPSA) is 38.3 Å². The molecule has 0 bridgehead atoms. The summed E-state index contributed by atoms with van der Waals surface area (Å²) in [5, 5.41) is 3.09. The summed E-state index contributed by atoms with van der Waals surface area (Å²) in [5.41, 5.74) is 0.656. The number of hydrogen-bond acceptors (Lipinski definition) is 3. The lowest BCUT2D eigenvalue weighted by Crippen LogP contribution is -2.38. The lowest BCUT2D eigenvalue weighted by Gasteiger charge is -2.15. The van der Waals surface area contributed by atoms with E-state index in [0.29, 0.717) is 31.6 Å². The molecule has 1 rings (SSSR count). The molecule has 0 saturated carbocycles. The molecule has 0 radical (unpaired) electrons. The van der Waals surface area contributed by atoms with Gasteiger partial charge in [-0.05, 0) is 31.4 Å². The van der Waals surface area contributed by atoms with Gasteiger partial charge in [0.15, 0.2) is 0 Å². The van der Waals surface area contributed by atoms with Gasteiger partial charge in [0.05, 0.1) is 6.61 Å². The maximum absolute atomic E-state index is 13.4. The second-order valence-electron chi connectivity index (χ2n) is 4.01. The number of carbonyl (C=O) groups is 1. The van der Waals surface area contributed by atoms with Crippen LogP contribution in [0, 0.1) is 5.82 Å². The second-order valence-corrected chi connectivity index (χ2v) is 4.01. The van der Waals surface area contributed by atoms with E-state index in [1.807, 2.05) is 6.92 Å². The van der Waals surface area contributed by atoms with Crippen molar-refractivity contribution in [1.82, 2.24) is 5.32 Å². The first kappa shape index (κ1) is 14.6. The zero-order valence-corrected chi connectivity index (χ0v) is 10.9. The molecule has 100 valence electrons. The summed E-state index contributed by atoms with van der Waals surface area (Å²) in [6.07, 6.45) is 1.22. The van der Waals surface area contributed by atoms with Crippen molar-refractivity contribution >= 4 is 5.97 Å². The molecular formula is C14H20FNO2. The van der Waals surface area contributed by atoms with Crippen LogP contribution in [-0.2, 0) is 16.0 Å². The van der Waals surface area contributed by atoms with Gasteiger partial charge in [0.25, 0.3) is 0 Å². The average Bonchev–Trinajstić information content (AvgIpc) is 2.37. The van der Waals surface area contributed by atoms with Gasteiger partial charge in [0.1, 0.15) is 11.9 Å². The van der Waals surface area contributed by atoms with Crippen LogP contribution in [0.1, 0.15) is 25.8 Å². The number of rotatable bonds is 7. The van der Waals surface area contributed by atoms with E-state index in [-0.39, 0.29) is 17.8 Å². The van der Waals surface area contributed by atoms with Gasteiger partial charge in [-0.25, -0.2) is 4.39 Å². The first-order valence-electron chi connectivity index (χ1n) is 6.32. The molecule has 0 aromatic heterocycles. The summed E-state index contributed by atoms with van der Waals surface area (Å²) in [6, 6.07) is 6.36. The van der Waals surface area contributed by atoms with Crippen molar-refractivity contribution in [2.45, 2.75) is 32.7 Å². The van der Waals surface area contributed by atoms with E-state index in [1.54, 1.807) is 25.1 Å². The maximum Gasteiger partial charge on any atom is 0.323 e. The van der Waals surface area contributed by atoms with Crippen molar-refractivity contribution in [3.63, 3.8) is 0 Å². The normalized spacial score (nSPS) is 12.2. The predicted octanol–water partition coefficient (Wildman–Crippen LogP) is 2.30. The Bertz CT molecular complexity index is 382. The summed E-state index contributed by atoms with van der Waals surface area (Å²) >= 11 is 0. The van der Waals surface area contributed by atoms with Gasteiger partial charge in [-0.15, -0.1) is 0 Å². The Morgan fingerprint density at radius 2 is 2.11 bits per heavy atom. The van der Waals surface area contributed by atoms with Crippen LogP contribution in [0.3, 0.4) is 0 Å². The monoisotopic (exact) mass is 253 g/mol. The molecule has 0 saturated heterocycles. The molecule has 1 atom stereocenters. The Balaban J connectivity index is 2.40. The zero-order chi connectivity index (χ0) is 13.4. The summed E-state index contributed by atoms with van der Waals surface area (Å²) in [5.74, 6) is -0.447. The third-order valence-electron chi connectivity index (χ3n) is 2.72. The second kappa shape index (κ2) is 7.82. The minimum atomic E-state index is -0.309. The molecule has 1 aromatic carbocycles. The van der Waals surface area contributed by atoms with Crippen LogP contribution in [-0.4, -0.2) is 25.2 Å². The highest BCUT2D eigenvalue weighted by atomic mass is 19.1. The first-order valence-corrected chi connectivity index (χ1v) is 6.32. The molecular weight excluding hydrogens is 233 g/mol. The number of carbonyl (C=O) groups excluding carboxylic acids is 1. The number of ether oxygens (including phenoxy) is 1. The molecule has 0 heterocycles. The summed E-state index contributed by atoms with van der Waals surface area (Å²) in [6.45, 7) is 4.63. The lowest BCUT2D eigenvalue weighted by molar-refractivity contribution is -0.145.